The minimum absolute atomic E-state index is 0.00694. The second-order valence-electron chi connectivity index (χ2n) is 16.0. The van der Waals surface area contributed by atoms with Crippen molar-refractivity contribution in [2.45, 2.75) is 95.8 Å². The molecule has 6 rings (SSSR count). The van der Waals surface area contributed by atoms with E-state index in [4.69, 9.17) is 40.4 Å². The van der Waals surface area contributed by atoms with E-state index in [-0.39, 0.29) is 26.3 Å². The molecule has 4 aliphatic rings. The molecule has 8 nitrogen and oxygen atoms in total. The molecule has 4 bridgehead atoms. The second-order valence-corrected chi connectivity index (χ2v) is 19.9. The first kappa shape index (κ1) is 51.7. The molecule has 0 saturated carbocycles. The molecule has 8 unspecified atom stereocenters. The molecule has 2 aromatic carbocycles. The Balaban J connectivity index is 0.000000281. The van der Waals surface area contributed by atoms with Crippen LogP contribution in [0, 0.1) is 0 Å². The van der Waals surface area contributed by atoms with Crippen molar-refractivity contribution in [2.24, 2.45) is 0 Å². The van der Waals surface area contributed by atoms with Crippen LogP contribution in [0.25, 0.3) is 0 Å². The molecule has 8 atom stereocenters. The van der Waals surface area contributed by atoms with Crippen LogP contribution in [0.15, 0.2) is 60.7 Å². The Morgan fingerprint density at radius 3 is 1.25 bits per heavy atom. The van der Waals surface area contributed by atoms with Gasteiger partial charge in [0.25, 0.3) is 0 Å². The molecule has 328 valence electrons. The Kier molecular flexibility index (Phi) is 30.7. The minimum Gasteiger partial charge on any atom is -0.312 e. The summed E-state index contributed by atoms with van der Waals surface area (Å²) in [5.74, 6) is 0. The first-order chi connectivity index (χ1) is 28.0. The van der Waals surface area contributed by atoms with Gasteiger partial charge in [0.1, 0.15) is 0 Å². The molecular weight excluding hydrogens is 880 g/mol. The molecule has 2 aromatic rings. The molecule has 0 aromatic heterocycles. The van der Waals surface area contributed by atoms with Crippen molar-refractivity contribution in [3.05, 3.63) is 71.8 Å². The van der Waals surface area contributed by atoms with Gasteiger partial charge < -0.3 is 40.9 Å². The third kappa shape index (κ3) is 24.5. The molecule has 0 amide bonds. The summed E-state index contributed by atoms with van der Waals surface area (Å²) < 4.78 is 0. The molecule has 0 spiro atoms. The number of nitrogens with zero attached hydrogens (tertiary/aromatic N) is 4. The Morgan fingerprint density at radius 1 is 0.491 bits per heavy atom. The summed E-state index contributed by atoms with van der Waals surface area (Å²) in [6, 6.07) is 24.4. The van der Waals surface area contributed by atoms with Crippen LogP contribution >= 0.6 is 40.4 Å². The quantitative estimate of drug-likeness (QED) is 0.220. The van der Waals surface area contributed by atoms with Crippen LogP contribution in [0.5, 0.6) is 0 Å². The Labute approximate surface area is 377 Å². The molecule has 4 aliphatic heterocycles. The largest absolute Gasteiger partial charge is 0.312 e. The molecule has 4 N–H and O–H groups in total. The summed E-state index contributed by atoms with van der Waals surface area (Å²) in [5.41, 5.74) is 2.89. The van der Waals surface area contributed by atoms with Crippen LogP contribution in [0.3, 0.4) is 0 Å². The molecule has 4 saturated heterocycles. The summed E-state index contributed by atoms with van der Waals surface area (Å²) in [7, 11) is 19.2. The van der Waals surface area contributed by atoms with Crippen molar-refractivity contribution in [1.82, 2.24) is 40.9 Å². The third-order valence-electron chi connectivity index (χ3n) is 11.8. The van der Waals surface area contributed by atoms with Crippen molar-refractivity contribution in [1.29, 1.82) is 0 Å². The fraction of sp³-hybridized carbons (Fsp3) is 0.721. The smallest absolute Gasteiger partial charge is 0.0120 e. The number of nitrogens with one attached hydrogen (secondary N) is 4. The van der Waals surface area contributed by atoms with Gasteiger partial charge in [0.2, 0.25) is 0 Å². The van der Waals surface area contributed by atoms with E-state index in [0.717, 1.165) is 58.2 Å². The Morgan fingerprint density at radius 2 is 0.842 bits per heavy atom. The third-order valence-corrected chi connectivity index (χ3v) is 11.8. The summed E-state index contributed by atoms with van der Waals surface area (Å²) in [4.78, 5) is 10.7. The number of rotatable bonds is 7. The standard InChI is InChI=1S/C26H38N4.C17H36N4.4ClH.2Mn/c1-3-7-23(8-4-1)21-25-11-15-29-18-14-28-26(22-24-9-5-2-6-10-24)12-16-30(20-19-29)17-13-27-25;1-3-4-5-17-7-11-21-12-8-18-16(2)6-10-20(14-15-21)13-9-19-17;;;;;;/h1-10,25-28H,11-22H2;16-19H,3-15H2,1-2H3;4*1H;;/q;;;;;;2*+2/p-4. The van der Waals surface area contributed by atoms with Gasteiger partial charge in [-0.3, -0.25) is 0 Å². The number of benzene rings is 2. The Bertz CT molecular complexity index is 1150. The molecule has 4 heterocycles. The van der Waals surface area contributed by atoms with E-state index in [1.165, 1.54) is 122 Å². The van der Waals surface area contributed by atoms with E-state index in [1.807, 2.05) is 0 Å². The van der Waals surface area contributed by atoms with Crippen LogP contribution in [0.2, 0.25) is 0 Å². The van der Waals surface area contributed by atoms with Gasteiger partial charge in [-0.25, -0.2) is 0 Å². The van der Waals surface area contributed by atoms with E-state index >= 15 is 0 Å². The molecule has 14 heteroatoms. The first-order valence-electron chi connectivity index (χ1n) is 21.6. The average Bonchev–Trinajstić information content (AvgIpc) is 3.22. The van der Waals surface area contributed by atoms with Crippen molar-refractivity contribution in [3.8, 4) is 0 Å². The maximum atomic E-state index is 4.80. The van der Waals surface area contributed by atoms with Crippen molar-refractivity contribution < 1.29 is 26.3 Å². The molecule has 0 aliphatic carbocycles. The zero-order chi connectivity index (χ0) is 40.8. The summed E-state index contributed by atoms with van der Waals surface area (Å²) in [6.07, 6.45) is 11.3. The van der Waals surface area contributed by atoms with E-state index < -0.39 is 0 Å². The summed E-state index contributed by atoms with van der Waals surface area (Å²) in [5, 5.41) is 15.3. The van der Waals surface area contributed by atoms with E-state index in [2.05, 4.69) is 115 Å². The molecule has 57 heavy (non-hydrogen) atoms. The van der Waals surface area contributed by atoms with Gasteiger partial charge in [0.15, 0.2) is 0 Å². The van der Waals surface area contributed by atoms with Crippen LogP contribution in [-0.4, -0.2) is 148 Å². The summed E-state index contributed by atoms with van der Waals surface area (Å²) >= 11 is 0.0139. The molecular formula is C43H74Cl4Mn2N8. The number of hydrogen-bond acceptors (Lipinski definition) is 8. The number of unbranched alkanes of at least 4 members (excludes halogenated alkanes) is 1. The van der Waals surface area contributed by atoms with Gasteiger partial charge >= 0.3 is 66.7 Å². The number of hydrogen-bond donors (Lipinski definition) is 4. The maximum absolute atomic E-state index is 4.80. The van der Waals surface area contributed by atoms with Crippen molar-refractivity contribution >= 4 is 40.4 Å². The zero-order valence-corrected chi connectivity index (χ0v) is 40.2. The summed E-state index contributed by atoms with van der Waals surface area (Å²) in [6.45, 7) is 23.6. The number of halogens is 4. The van der Waals surface area contributed by atoms with Crippen LogP contribution < -0.4 is 21.3 Å². The zero-order valence-electron chi connectivity index (χ0n) is 34.8. The SMILES string of the molecule is CCCCC1CCN2CCNC(C)CCN(CCN1)CC2.[Cl][Mn][Cl].[Cl][Mn][Cl].c1ccc(CC2CCN3CCNC(Cc4ccccc4)CCN(CCN2)CC3)cc1. The average molecular weight is 955 g/mol. The van der Waals surface area contributed by atoms with E-state index in [0.29, 0.717) is 18.1 Å². The van der Waals surface area contributed by atoms with Crippen molar-refractivity contribution in [2.75, 3.05) is 105 Å². The van der Waals surface area contributed by atoms with Gasteiger partial charge in [-0.05, 0) is 89.2 Å². The fourth-order valence-corrected chi connectivity index (χ4v) is 8.30. The maximum Gasteiger partial charge on any atom is 0.0120 e. The second kappa shape index (κ2) is 33.9. The minimum atomic E-state index is 0.00694. The van der Waals surface area contributed by atoms with Crippen LogP contribution in [0.4, 0.5) is 0 Å². The van der Waals surface area contributed by atoms with Crippen molar-refractivity contribution in [3.63, 3.8) is 0 Å². The van der Waals surface area contributed by atoms with Gasteiger partial charge in [-0.15, -0.1) is 0 Å². The predicted molar refractivity (Wildman–Crippen MR) is 240 cm³/mol. The molecule has 0 radical (unpaired) electrons. The van der Waals surface area contributed by atoms with E-state index in [9.17, 15) is 0 Å². The number of fused-ring (bicyclic) bond motifs is 6. The fourth-order valence-electron chi connectivity index (χ4n) is 8.30. The topological polar surface area (TPSA) is 61.1 Å². The van der Waals surface area contributed by atoms with Crippen LogP contribution in [0.1, 0.15) is 69.9 Å². The monoisotopic (exact) mass is 952 g/mol. The van der Waals surface area contributed by atoms with E-state index in [1.54, 1.807) is 0 Å². The van der Waals surface area contributed by atoms with Gasteiger partial charge in [-0.2, -0.15) is 0 Å². The normalized spacial score (nSPS) is 29.1. The van der Waals surface area contributed by atoms with Gasteiger partial charge in [0, 0.05) is 103 Å². The predicted octanol–water partition coefficient (Wildman–Crippen LogP) is 7.08. The van der Waals surface area contributed by atoms with Gasteiger partial charge in [-0.1, -0.05) is 80.4 Å². The molecule has 4 fully saturated rings. The van der Waals surface area contributed by atoms with Crippen LogP contribution in [-0.2, 0) is 39.1 Å². The van der Waals surface area contributed by atoms with Gasteiger partial charge in [0.05, 0.1) is 0 Å². The Hall–Kier alpha value is 0.319. The first-order valence-corrected chi connectivity index (χ1v) is 28.1.